The van der Waals surface area contributed by atoms with E-state index in [-0.39, 0.29) is 12.1 Å². The topological polar surface area (TPSA) is 60.5 Å². The first-order chi connectivity index (χ1) is 17.5. The molecule has 1 aliphatic rings. The molecule has 0 aliphatic carbocycles. The third-order valence-electron chi connectivity index (χ3n) is 6.39. The average molecular weight is 497 g/mol. The summed E-state index contributed by atoms with van der Waals surface area (Å²) in [6.45, 7) is 7.91. The van der Waals surface area contributed by atoms with E-state index >= 15 is 0 Å². The molecular formula is C29H40N2O5. The minimum atomic E-state index is -0.0714. The molecule has 0 bridgehead atoms. The third kappa shape index (κ3) is 7.24. The van der Waals surface area contributed by atoms with Crippen LogP contribution in [0.25, 0.3) is 6.08 Å². The molecule has 1 amide bonds. The molecule has 0 spiro atoms. The summed E-state index contributed by atoms with van der Waals surface area (Å²) in [4.78, 5) is 18.1. The Bertz CT molecular complexity index is 983. The lowest BCUT2D eigenvalue weighted by molar-refractivity contribution is -0.0301. The van der Waals surface area contributed by atoms with Gasteiger partial charge in [-0.25, -0.2) is 0 Å². The van der Waals surface area contributed by atoms with Crippen LogP contribution in [0.1, 0.15) is 49.0 Å². The summed E-state index contributed by atoms with van der Waals surface area (Å²) in [5.41, 5.74) is 2.73. The van der Waals surface area contributed by atoms with E-state index in [2.05, 4.69) is 30.0 Å². The van der Waals surface area contributed by atoms with E-state index in [1.807, 2.05) is 30.0 Å². The molecule has 0 unspecified atom stereocenters. The van der Waals surface area contributed by atoms with Crippen LogP contribution in [0, 0.1) is 0 Å². The fraction of sp³-hybridized carbons (Fsp3) is 0.483. The zero-order valence-electron chi connectivity index (χ0n) is 22.3. The highest BCUT2D eigenvalue weighted by atomic mass is 16.5. The Hall–Kier alpha value is -3.03. The van der Waals surface area contributed by atoms with Crippen LogP contribution in [-0.4, -0.2) is 76.1 Å². The van der Waals surface area contributed by atoms with Crippen LogP contribution in [0.5, 0.6) is 17.2 Å². The zero-order chi connectivity index (χ0) is 25.9. The van der Waals surface area contributed by atoms with Crippen molar-refractivity contribution in [3.63, 3.8) is 0 Å². The van der Waals surface area contributed by atoms with Gasteiger partial charge in [-0.05, 0) is 50.8 Å². The van der Waals surface area contributed by atoms with Crippen LogP contribution in [0.15, 0.2) is 48.0 Å². The van der Waals surface area contributed by atoms with Gasteiger partial charge in [0.05, 0.1) is 21.3 Å². The second kappa shape index (κ2) is 13.9. The van der Waals surface area contributed by atoms with Gasteiger partial charge in [0.15, 0.2) is 11.5 Å². The Morgan fingerprint density at radius 2 is 1.78 bits per heavy atom. The van der Waals surface area contributed by atoms with Crippen molar-refractivity contribution in [2.75, 3.05) is 54.1 Å². The maximum atomic E-state index is 13.8. The van der Waals surface area contributed by atoms with Gasteiger partial charge in [-0.1, -0.05) is 42.0 Å². The molecule has 7 heteroatoms. The number of ether oxygens (including phenoxy) is 4. The average Bonchev–Trinajstić information content (AvgIpc) is 3.34. The van der Waals surface area contributed by atoms with E-state index in [4.69, 9.17) is 18.9 Å². The monoisotopic (exact) mass is 496 g/mol. The molecule has 0 saturated carbocycles. The van der Waals surface area contributed by atoms with Gasteiger partial charge in [-0.15, -0.1) is 0 Å². The van der Waals surface area contributed by atoms with Crippen LogP contribution in [0.3, 0.4) is 0 Å². The van der Waals surface area contributed by atoms with E-state index < -0.39 is 0 Å². The number of methoxy groups -OCH3 is 3. The Morgan fingerprint density at radius 3 is 2.39 bits per heavy atom. The molecule has 3 rings (SSSR count). The van der Waals surface area contributed by atoms with Gasteiger partial charge >= 0.3 is 0 Å². The predicted octanol–water partition coefficient (Wildman–Crippen LogP) is 5.11. The predicted molar refractivity (Wildman–Crippen MR) is 143 cm³/mol. The van der Waals surface area contributed by atoms with E-state index in [1.165, 1.54) is 0 Å². The van der Waals surface area contributed by atoms with Crippen LogP contribution in [0.4, 0.5) is 0 Å². The molecule has 1 heterocycles. The number of benzene rings is 2. The minimum Gasteiger partial charge on any atom is -0.493 e. The second-order valence-corrected chi connectivity index (χ2v) is 8.98. The molecule has 1 atom stereocenters. The van der Waals surface area contributed by atoms with Gasteiger partial charge in [0, 0.05) is 38.3 Å². The lowest BCUT2D eigenvalue weighted by atomic mass is 10.1. The quantitative estimate of drug-likeness (QED) is 0.384. The van der Waals surface area contributed by atoms with Gasteiger partial charge in [-0.2, -0.15) is 0 Å². The summed E-state index contributed by atoms with van der Waals surface area (Å²) in [6.07, 6.45) is 5.40. The molecule has 7 nitrogen and oxygen atoms in total. The maximum absolute atomic E-state index is 13.8. The summed E-state index contributed by atoms with van der Waals surface area (Å²) in [5.74, 6) is 1.33. The fourth-order valence-electron chi connectivity index (χ4n) is 4.72. The molecule has 0 radical (unpaired) electrons. The highest BCUT2D eigenvalue weighted by Gasteiger charge is 2.25. The standard InChI is InChI=1S/C29H40N2O5/c1-6-36-27-14-10-15-30(27)16-11-17-31(21-22(2)18-23-12-8-7-9-13-23)29(32)24-19-25(33-3)28(35-5)26(20-24)34-4/h7-9,12-13,18-20,27H,6,10-11,14-17,21H2,1-5H3/b22-18+/t27-/m0/s1. The van der Waals surface area contributed by atoms with Gasteiger partial charge in [-0.3, -0.25) is 9.69 Å². The molecule has 2 aromatic carbocycles. The van der Waals surface area contributed by atoms with Crippen molar-refractivity contribution in [2.45, 2.75) is 39.3 Å². The van der Waals surface area contributed by atoms with Crippen molar-refractivity contribution in [1.29, 1.82) is 0 Å². The summed E-state index contributed by atoms with van der Waals surface area (Å²) in [6, 6.07) is 13.6. The van der Waals surface area contributed by atoms with Gasteiger partial charge < -0.3 is 23.8 Å². The van der Waals surface area contributed by atoms with E-state index in [1.54, 1.807) is 33.5 Å². The number of hydrogen-bond donors (Lipinski definition) is 0. The summed E-state index contributed by atoms with van der Waals surface area (Å²) >= 11 is 0. The maximum Gasteiger partial charge on any atom is 0.254 e. The second-order valence-electron chi connectivity index (χ2n) is 8.98. The highest BCUT2D eigenvalue weighted by Crippen LogP contribution is 2.38. The van der Waals surface area contributed by atoms with E-state index in [9.17, 15) is 4.79 Å². The largest absolute Gasteiger partial charge is 0.493 e. The molecule has 2 aromatic rings. The Balaban J connectivity index is 1.81. The third-order valence-corrected chi connectivity index (χ3v) is 6.39. The van der Waals surface area contributed by atoms with Gasteiger partial charge in [0.2, 0.25) is 5.75 Å². The number of nitrogens with zero attached hydrogens (tertiary/aromatic N) is 2. The summed E-state index contributed by atoms with van der Waals surface area (Å²) in [7, 11) is 4.67. The Kier molecular flexibility index (Phi) is 10.6. The smallest absolute Gasteiger partial charge is 0.254 e. The van der Waals surface area contributed by atoms with E-state index in [0.29, 0.717) is 35.9 Å². The number of amides is 1. The Morgan fingerprint density at radius 1 is 1.08 bits per heavy atom. The van der Waals surface area contributed by atoms with Crippen LogP contribution in [0.2, 0.25) is 0 Å². The first-order valence-corrected chi connectivity index (χ1v) is 12.7. The first-order valence-electron chi connectivity index (χ1n) is 12.7. The first kappa shape index (κ1) is 27.6. The van der Waals surface area contributed by atoms with Crippen molar-refractivity contribution in [1.82, 2.24) is 9.80 Å². The molecule has 1 fully saturated rings. The van der Waals surface area contributed by atoms with Crippen molar-refractivity contribution < 1.29 is 23.7 Å². The van der Waals surface area contributed by atoms with Crippen molar-refractivity contribution in [2.24, 2.45) is 0 Å². The lowest BCUT2D eigenvalue weighted by Crippen LogP contribution is -2.37. The number of carbonyl (C=O) groups is 1. The molecule has 36 heavy (non-hydrogen) atoms. The SMILES string of the molecule is CCO[C@H]1CCCN1CCCN(C/C(C)=C/c1ccccc1)C(=O)c1cc(OC)c(OC)c(OC)c1. The van der Waals surface area contributed by atoms with Crippen molar-refractivity contribution in [3.8, 4) is 17.2 Å². The van der Waals surface area contributed by atoms with Gasteiger partial charge in [0.25, 0.3) is 5.91 Å². The molecule has 196 valence electrons. The number of hydrogen-bond acceptors (Lipinski definition) is 6. The number of likely N-dealkylation sites (tertiary alicyclic amines) is 1. The molecular weight excluding hydrogens is 456 g/mol. The molecule has 0 N–H and O–H groups in total. The number of carbonyl (C=O) groups excluding carboxylic acids is 1. The fourth-order valence-corrected chi connectivity index (χ4v) is 4.72. The van der Waals surface area contributed by atoms with Crippen molar-refractivity contribution >= 4 is 12.0 Å². The van der Waals surface area contributed by atoms with Gasteiger partial charge in [0.1, 0.15) is 6.23 Å². The molecule has 0 aromatic heterocycles. The summed E-state index contributed by atoms with van der Waals surface area (Å²) in [5, 5.41) is 0. The van der Waals surface area contributed by atoms with Crippen molar-refractivity contribution in [3.05, 3.63) is 59.2 Å². The normalized spacial score (nSPS) is 16.1. The lowest BCUT2D eigenvalue weighted by Gasteiger charge is -2.27. The minimum absolute atomic E-state index is 0.0714. The number of rotatable bonds is 13. The van der Waals surface area contributed by atoms with Crippen LogP contribution in [-0.2, 0) is 4.74 Å². The molecule has 1 saturated heterocycles. The molecule has 1 aliphatic heterocycles. The highest BCUT2D eigenvalue weighted by molar-refractivity contribution is 5.96. The summed E-state index contributed by atoms with van der Waals surface area (Å²) < 4.78 is 22.3. The zero-order valence-corrected chi connectivity index (χ0v) is 22.3. The van der Waals surface area contributed by atoms with Crippen LogP contribution >= 0.6 is 0 Å². The Labute approximate surface area is 215 Å². The van der Waals surface area contributed by atoms with Crippen LogP contribution < -0.4 is 14.2 Å². The van der Waals surface area contributed by atoms with E-state index in [0.717, 1.165) is 50.1 Å².